The molecule has 1 aliphatic rings. The number of piperidine rings is 1. The molecule has 0 unspecified atom stereocenters. The summed E-state index contributed by atoms with van der Waals surface area (Å²) in [5, 5.41) is 12.0. The fourth-order valence-electron chi connectivity index (χ4n) is 3.77. The van der Waals surface area contributed by atoms with Gasteiger partial charge in [-0.15, -0.1) is 0 Å². The van der Waals surface area contributed by atoms with Crippen molar-refractivity contribution in [3.8, 4) is 6.07 Å². The Morgan fingerprint density at radius 1 is 1.07 bits per heavy atom. The summed E-state index contributed by atoms with van der Waals surface area (Å²) >= 11 is 0. The standard InChI is InChI=1S/C24H23N5O/c25-15-20-7-4-8-22(14-20)28-24-26-16-21(17-27-24)23(30)29-11-9-19(10-12-29)13-18-5-2-1-3-6-18/h1-8,14,16-17,19H,9-13H2,(H,26,27,28). The van der Waals surface area contributed by atoms with Crippen LogP contribution in [-0.2, 0) is 6.42 Å². The predicted molar refractivity (Wildman–Crippen MR) is 115 cm³/mol. The number of nitrogens with zero attached hydrogens (tertiary/aromatic N) is 4. The number of aromatic nitrogens is 2. The van der Waals surface area contributed by atoms with Crippen molar-refractivity contribution in [1.29, 1.82) is 5.26 Å². The van der Waals surface area contributed by atoms with Crippen LogP contribution in [0.15, 0.2) is 67.0 Å². The van der Waals surface area contributed by atoms with Crippen LogP contribution in [0.25, 0.3) is 0 Å². The second-order valence-corrected chi connectivity index (χ2v) is 7.54. The third-order valence-corrected chi connectivity index (χ3v) is 5.42. The molecule has 4 rings (SSSR count). The minimum Gasteiger partial charge on any atom is -0.339 e. The molecule has 0 radical (unpaired) electrons. The topological polar surface area (TPSA) is 81.9 Å². The number of hydrogen-bond donors (Lipinski definition) is 1. The number of nitriles is 1. The first kappa shape index (κ1) is 19.6. The van der Waals surface area contributed by atoms with Crippen molar-refractivity contribution in [3.63, 3.8) is 0 Å². The molecule has 0 spiro atoms. The largest absolute Gasteiger partial charge is 0.339 e. The molecule has 0 aliphatic carbocycles. The summed E-state index contributed by atoms with van der Waals surface area (Å²) in [4.78, 5) is 23.2. The highest BCUT2D eigenvalue weighted by Crippen LogP contribution is 2.23. The average molecular weight is 397 g/mol. The Hall–Kier alpha value is -3.72. The number of carbonyl (C=O) groups is 1. The number of likely N-dealkylation sites (tertiary alicyclic amines) is 1. The van der Waals surface area contributed by atoms with Gasteiger partial charge >= 0.3 is 0 Å². The molecule has 0 atom stereocenters. The summed E-state index contributed by atoms with van der Waals surface area (Å²) in [5.74, 6) is 0.984. The van der Waals surface area contributed by atoms with E-state index in [4.69, 9.17) is 5.26 Å². The number of benzene rings is 2. The van der Waals surface area contributed by atoms with Gasteiger partial charge in [-0.05, 0) is 48.9 Å². The maximum absolute atomic E-state index is 12.8. The van der Waals surface area contributed by atoms with Crippen LogP contribution in [0, 0.1) is 17.2 Å². The molecule has 2 heterocycles. The number of carbonyl (C=O) groups excluding carboxylic acids is 1. The zero-order valence-electron chi connectivity index (χ0n) is 16.7. The summed E-state index contributed by atoms with van der Waals surface area (Å²) in [5.41, 5.74) is 3.14. The van der Waals surface area contributed by atoms with Crippen molar-refractivity contribution >= 4 is 17.5 Å². The van der Waals surface area contributed by atoms with E-state index in [1.165, 1.54) is 5.56 Å². The lowest BCUT2D eigenvalue weighted by atomic mass is 9.90. The third kappa shape index (κ3) is 4.81. The van der Waals surface area contributed by atoms with E-state index in [1.807, 2.05) is 17.0 Å². The van der Waals surface area contributed by atoms with Crippen molar-refractivity contribution < 1.29 is 4.79 Å². The molecule has 1 aromatic heterocycles. The lowest BCUT2D eigenvalue weighted by Gasteiger charge is -2.32. The Morgan fingerprint density at radius 2 is 1.80 bits per heavy atom. The molecule has 1 saturated heterocycles. The van der Waals surface area contributed by atoms with Crippen LogP contribution in [-0.4, -0.2) is 33.9 Å². The van der Waals surface area contributed by atoms with Crippen LogP contribution >= 0.6 is 0 Å². The molecule has 150 valence electrons. The van der Waals surface area contributed by atoms with Gasteiger partial charge in [0.1, 0.15) is 0 Å². The molecule has 3 aromatic rings. The number of rotatable bonds is 5. The molecule has 6 heteroatoms. The van der Waals surface area contributed by atoms with Crippen LogP contribution in [0.4, 0.5) is 11.6 Å². The Morgan fingerprint density at radius 3 is 2.50 bits per heavy atom. The van der Waals surface area contributed by atoms with Gasteiger partial charge < -0.3 is 10.2 Å². The number of anilines is 2. The average Bonchev–Trinajstić information content (AvgIpc) is 2.80. The van der Waals surface area contributed by atoms with Crippen molar-refractivity contribution in [3.05, 3.63) is 83.7 Å². The van der Waals surface area contributed by atoms with E-state index < -0.39 is 0 Å². The summed E-state index contributed by atoms with van der Waals surface area (Å²) in [6.07, 6.45) is 6.20. The molecule has 0 saturated carbocycles. The zero-order chi connectivity index (χ0) is 20.8. The predicted octanol–water partition coefficient (Wildman–Crippen LogP) is 4.19. The van der Waals surface area contributed by atoms with E-state index in [0.717, 1.165) is 38.0 Å². The van der Waals surface area contributed by atoms with Crippen LogP contribution in [0.1, 0.15) is 34.3 Å². The van der Waals surface area contributed by atoms with E-state index in [-0.39, 0.29) is 5.91 Å². The van der Waals surface area contributed by atoms with Gasteiger partial charge in [0, 0.05) is 31.2 Å². The zero-order valence-corrected chi connectivity index (χ0v) is 16.7. The molecule has 6 nitrogen and oxygen atoms in total. The fourth-order valence-corrected chi connectivity index (χ4v) is 3.77. The van der Waals surface area contributed by atoms with Crippen molar-refractivity contribution in [2.45, 2.75) is 19.3 Å². The van der Waals surface area contributed by atoms with E-state index >= 15 is 0 Å². The van der Waals surface area contributed by atoms with E-state index in [9.17, 15) is 4.79 Å². The number of hydrogen-bond acceptors (Lipinski definition) is 5. The van der Waals surface area contributed by atoms with E-state index in [1.54, 1.807) is 30.6 Å². The monoisotopic (exact) mass is 397 g/mol. The van der Waals surface area contributed by atoms with Crippen LogP contribution in [0.2, 0.25) is 0 Å². The SMILES string of the molecule is N#Cc1cccc(Nc2ncc(C(=O)N3CCC(Cc4ccccc4)CC3)cn2)c1. The maximum Gasteiger partial charge on any atom is 0.256 e. The summed E-state index contributed by atoms with van der Waals surface area (Å²) in [6.45, 7) is 1.52. The van der Waals surface area contributed by atoms with Crippen molar-refractivity contribution in [1.82, 2.24) is 14.9 Å². The molecular weight excluding hydrogens is 374 g/mol. The maximum atomic E-state index is 12.8. The van der Waals surface area contributed by atoms with Gasteiger partial charge in [0.25, 0.3) is 5.91 Å². The highest BCUT2D eigenvalue weighted by molar-refractivity contribution is 5.93. The normalized spacial score (nSPS) is 14.2. The Kier molecular flexibility index (Phi) is 6.00. The quantitative estimate of drug-likeness (QED) is 0.698. The van der Waals surface area contributed by atoms with Gasteiger partial charge in [0.2, 0.25) is 5.95 Å². The minimum atomic E-state index is -0.0220. The molecule has 1 amide bonds. The molecule has 1 N–H and O–H groups in total. The van der Waals surface area contributed by atoms with Crippen LogP contribution < -0.4 is 5.32 Å². The number of amides is 1. The van der Waals surface area contributed by atoms with Crippen LogP contribution in [0.3, 0.4) is 0 Å². The van der Waals surface area contributed by atoms with E-state index in [0.29, 0.717) is 23.0 Å². The first-order chi connectivity index (χ1) is 14.7. The number of nitrogens with one attached hydrogen (secondary N) is 1. The van der Waals surface area contributed by atoms with Gasteiger partial charge in [-0.25, -0.2) is 9.97 Å². The lowest BCUT2D eigenvalue weighted by molar-refractivity contribution is 0.0689. The first-order valence-electron chi connectivity index (χ1n) is 10.1. The molecule has 1 aliphatic heterocycles. The molecule has 1 fully saturated rings. The lowest BCUT2D eigenvalue weighted by Crippen LogP contribution is -2.39. The van der Waals surface area contributed by atoms with Gasteiger partial charge in [0.15, 0.2) is 0 Å². The van der Waals surface area contributed by atoms with Crippen LogP contribution in [0.5, 0.6) is 0 Å². The van der Waals surface area contributed by atoms with Gasteiger partial charge in [-0.1, -0.05) is 36.4 Å². The summed E-state index contributed by atoms with van der Waals surface area (Å²) in [6, 6.07) is 19.7. The molecule has 0 bridgehead atoms. The second kappa shape index (κ2) is 9.19. The molecule has 30 heavy (non-hydrogen) atoms. The highest BCUT2D eigenvalue weighted by atomic mass is 16.2. The second-order valence-electron chi connectivity index (χ2n) is 7.54. The summed E-state index contributed by atoms with van der Waals surface area (Å²) < 4.78 is 0. The van der Waals surface area contributed by atoms with Gasteiger partial charge in [-0.3, -0.25) is 4.79 Å². The Labute approximate surface area is 176 Å². The third-order valence-electron chi connectivity index (χ3n) is 5.42. The summed E-state index contributed by atoms with van der Waals surface area (Å²) in [7, 11) is 0. The fraction of sp³-hybridized carbons (Fsp3) is 0.250. The Bertz CT molecular complexity index is 1040. The highest BCUT2D eigenvalue weighted by Gasteiger charge is 2.24. The van der Waals surface area contributed by atoms with Gasteiger partial charge in [-0.2, -0.15) is 5.26 Å². The smallest absolute Gasteiger partial charge is 0.256 e. The Balaban J connectivity index is 1.32. The molecule has 2 aromatic carbocycles. The molecular formula is C24H23N5O. The van der Waals surface area contributed by atoms with Crippen molar-refractivity contribution in [2.75, 3.05) is 18.4 Å². The first-order valence-corrected chi connectivity index (χ1v) is 10.1. The van der Waals surface area contributed by atoms with Crippen molar-refractivity contribution in [2.24, 2.45) is 5.92 Å². The van der Waals surface area contributed by atoms with E-state index in [2.05, 4.69) is 45.6 Å². The van der Waals surface area contributed by atoms with Gasteiger partial charge in [0.05, 0.1) is 17.2 Å². The minimum absolute atomic E-state index is 0.0220.